The highest BCUT2D eigenvalue weighted by molar-refractivity contribution is 5.96. The van der Waals surface area contributed by atoms with Crippen molar-refractivity contribution in [1.82, 2.24) is 0 Å². The van der Waals surface area contributed by atoms with E-state index in [1.807, 2.05) is 0 Å². The zero-order chi connectivity index (χ0) is 20.3. The van der Waals surface area contributed by atoms with Crippen LogP contribution in [0.4, 0.5) is 18.9 Å². The molecule has 1 amide bonds. The fourth-order valence-corrected chi connectivity index (χ4v) is 2.32. The second-order valence-corrected chi connectivity index (χ2v) is 5.83. The summed E-state index contributed by atoms with van der Waals surface area (Å²) in [5.74, 6) is -3.60. The second kappa shape index (κ2) is 7.99. The van der Waals surface area contributed by atoms with E-state index in [0.29, 0.717) is 11.3 Å². The fourth-order valence-electron chi connectivity index (χ4n) is 2.32. The van der Waals surface area contributed by atoms with Crippen LogP contribution in [0.15, 0.2) is 59.0 Å². The molecule has 2 aromatic carbocycles. The monoisotopic (exact) mass is 389 g/mol. The van der Waals surface area contributed by atoms with Crippen molar-refractivity contribution in [1.29, 1.82) is 0 Å². The first-order chi connectivity index (χ1) is 13.3. The van der Waals surface area contributed by atoms with E-state index in [1.54, 1.807) is 0 Å². The van der Waals surface area contributed by atoms with Crippen LogP contribution in [-0.4, -0.2) is 18.0 Å². The standard InChI is InChI=1S/C20H14F3NO4/c1-11(19(25)24-16-10-14(22)6-7-15(16)23)27-20(26)18-9-8-17(28-18)12-2-4-13(21)5-3-12/h2-11H,1H3,(H,24,25)/t11-/m1/s1. The molecule has 0 aliphatic carbocycles. The Morgan fingerprint density at radius 3 is 2.36 bits per heavy atom. The topological polar surface area (TPSA) is 68.5 Å². The quantitative estimate of drug-likeness (QED) is 0.650. The van der Waals surface area contributed by atoms with Gasteiger partial charge in [-0.05, 0) is 55.5 Å². The number of rotatable bonds is 5. The maximum atomic E-state index is 13.6. The molecule has 3 aromatic rings. The van der Waals surface area contributed by atoms with Crippen molar-refractivity contribution in [3.05, 3.63) is 77.8 Å². The Hall–Kier alpha value is -3.55. The van der Waals surface area contributed by atoms with Gasteiger partial charge >= 0.3 is 5.97 Å². The third-order valence-electron chi connectivity index (χ3n) is 3.78. The number of hydrogen-bond acceptors (Lipinski definition) is 4. The van der Waals surface area contributed by atoms with Crippen LogP contribution in [0.2, 0.25) is 0 Å². The van der Waals surface area contributed by atoms with Crippen LogP contribution in [0.1, 0.15) is 17.5 Å². The lowest BCUT2D eigenvalue weighted by Gasteiger charge is -2.13. The molecule has 3 rings (SSSR count). The van der Waals surface area contributed by atoms with Crippen molar-refractivity contribution in [2.45, 2.75) is 13.0 Å². The summed E-state index contributed by atoms with van der Waals surface area (Å²) in [6, 6.07) is 10.9. The largest absolute Gasteiger partial charge is 0.449 e. The molecule has 0 saturated heterocycles. The first-order valence-corrected chi connectivity index (χ1v) is 8.16. The number of amides is 1. The molecule has 144 valence electrons. The van der Waals surface area contributed by atoms with E-state index in [1.165, 1.54) is 43.3 Å². The molecular formula is C20H14F3NO4. The van der Waals surface area contributed by atoms with E-state index in [-0.39, 0.29) is 11.4 Å². The van der Waals surface area contributed by atoms with E-state index < -0.39 is 35.4 Å². The molecule has 28 heavy (non-hydrogen) atoms. The summed E-state index contributed by atoms with van der Waals surface area (Å²) in [6.07, 6.45) is -1.30. The summed E-state index contributed by atoms with van der Waals surface area (Å²) >= 11 is 0. The number of halogens is 3. The van der Waals surface area contributed by atoms with Crippen molar-refractivity contribution in [3.8, 4) is 11.3 Å². The Bertz CT molecular complexity index is 1010. The lowest BCUT2D eigenvalue weighted by Crippen LogP contribution is -2.30. The Kier molecular flexibility index (Phi) is 5.49. The maximum Gasteiger partial charge on any atom is 0.375 e. The van der Waals surface area contributed by atoms with Gasteiger partial charge in [-0.2, -0.15) is 0 Å². The van der Waals surface area contributed by atoms with Gasteiger partial charge in [-0.15, -0.1) is 0 Å². The highest BCUT2D eigenvalue weighted by Gasteiger charge is 2.22. The van der Waals surface area contributed by atoms with Crippen LogP contribution >= 0.6 is 0 Å². The number of ether oxygens (including phenoxy) is 1. The number of anilines is 1. The van der Waals surface area contributed by atoms with Crippen LogP contribution in [0.25, 0.3) is 11.3 Å². The molecule has 1 atom stereocenters. The lowest BCUT2D eigenvalue weighted by atomic mass is 10.2. The molecule has 1 N–H and O–H groups in total. The Morgan fingerprint density at radius 2 is 1.64 bits per heavy atom. The van der Waals surface area contributed by atoms with Crippen molar-refractivity contribution in [2.24, 2.45) is 0 Å². The van der Waals surface area contributed by atoms with Gasteiger partial charge in [0.1, 0.15) is 23.2 Å². The van der Waals surface area contributed by atoms with Crippen molar-refractivity contribution in [2.75, 3.05) is 5.32 Å². The number of nitrogens with one attached hydrogen (secondary N) is 1. The molecule has 0 fully saturated rings. The lowest BCUT2D eigenvalue weighted by molar-refractivity contribution is -0.123. The maximum absolute atomic E-state index is 13.6. The smallest absolute Gasteiger partial charge is 0.375 e. The Balaban J connectivity index is 1.64. The molecule has 1 heterocycles. The molecule has 0 bridgehead atoms. The number of carbonyl (C=O) groups is 2. The normalized spacial score (nSPS) is 11.7. The van der Waals surface area contributed by atoms with Gasteiger partial charge in [-0.1, -0.05) is 0 Å². The van der Waals surface area contributed by atoms with E-state index in [9.17, 15) is 22.8 Å². The molecule has 0 unspecified atom stereocenters. The van der Waals surface area contributed by atoms with Gasteiger partial charge in [0.2, 0.25) is 5.76 Å². The summed E-state index contributed by atoms with van der Waals surface area (Å²) in [6.45, 7) is 1.27. The SMILES string of the molecule is C[C@@H](OC(=O)c1ccc(-c2ccc(F)cc2)o1)C(=O)Nc1cc(F)ccc1F. The molecule has 5 nitrogen and oxygen atoms in total. The number of benzene rings is 2. The zero-order valence-corrected chi connectivity index (χ0v) is 14.5. The van der Waals surface area contributed by atoms with E-state index >= 15 is 0 Å². The molecule has 8 heteroatoms. The second-order valence-electron chi connectivity index (χ2n) is 5.83. The Labute approximate surface area is 157 Å². The van der Waals surface area contributed by atoms with Crippen molar-refractivity contribution < 1.29 is 31.9 Å². The molecular weight excluding hydrogens is 375 g/mol. The van der Waals surface area contributed by atoms with Gasteiger partial charge in [0.25, 0.3) is 5.91 Å². The molecule has 1 aromatic heterocycles. The van der Waals surface area contributed by atoms with Gasteiger partial charge in [-0.25, -0.2) is 18.0 Å². The van der Waals surface area contributed by atoms with Crippen LogP contribution in [0, 0.1) is 17.5 Å². The molecule has 0 spiro atoms. The summed E-state index contributed by atoms with van der Waals surface area (Å²) in [7, 11) is 0. The van der Waals surface area contributed by atoms with E-state index in [4.69, 9.17) is 9.15 Å². The molecule has 0 aliphatic heterocycles. The molecule has 0 aliphatic rings. The van der Waals surface area contributed by atoms with Gasteiger partial charge in [0.05, 0.1) is 5.69 Å². The van der Waals surface area contributed by atoms with Gasteiger partial charge in [0.15, 0.2) is 6.10 Å². The number of hydrogen-bond donors (Lipinski definition) is 1. The fraction of sp³-hybridized carbons (Fsp3) is 0.100. The average Bonchev–Trinajstić information content (AvgIpc) is 3.15. The van der Waals surface area contributed by atoms with Crippen LogP contribution in [0.5, 0.6) is 0 Å². The number of esters is 1. The summed E-state index contributed by atoms with van der Waals surface area (Å²) in [5, 5.41) is 2.15. The van der Waals surface area contributed by atoms with Crippen molar-refractivity contribution in [3.63, 3.8) is 0 Å². The van der Waals surface area contributed by atoms with Crippen LogP contribution in [-0.2, 0) is 9.53 Å². The highest BCUT2D eigenvalue weighted by atomic mass is 19.1. The first-order valence-electron chi connectivity index (χ1n) is 8.16. The predicted octanol–water partition coefficient (Wildman–Crippen LogP) is 4.55. The van der Waals surface area contributed by atoms with Crippen LogP contribution < -0.4 is 5.32 Å². The third-order valence-corrected chi connectivity index (χ3v) is 3.78. The summed E-state index contributed by atoms with van der Waals surface area (Å²) in [5.41, 5.74) is 0.178. The third kappa shape index (κ3) is 4.40. The zero-order valence-electron chi connectivity index (χ0n) is 14.5. The minimum atomic E-state index is -1.30. The predicted molar refractivity (Wildman–Crippen MR) is 94.0 cm³/mol. The molecule has 0 saturated carbocycles. The average molecular weight is 389 g/mol. The Morgan fingerprint density at radius 1 is 0.964 bits per heavy atom. The number of carbonyl (C=O) groups excluding carboxylic acids is 2. The van der Waals surface area contributed by atoms with Crippen molar-refractivity contribution >= 4 is 17.6 Å². The van der Waals surface area contributed by atoms with Gasteiger partial charge < -0.3 is 14.5 Å². The minimum Gasteiger partial charge on any atom is -0.449 e. The van der Waals surface area contributed by atoms with Gasteiger partial charge in [-0.3, -0.25) is 4.79 Å². The summed E-state index contributed by atoms with van der Waals surface area (Å²) in [4.78, 5) is 24.2. The van der Waals surface area contributed by atoms with E-state index in [0.717, 1.165) is 18.2 Å². The summed E-state index contributed by atoms with van der Waals surface area (Å²) < 4.78 is 50.1. The van der Waals surface area contributed by atoms with Crippen LogP contribution in [0.3, 0.4) is 0 Å². The van der Waals surface area contributed by atoms with E-state index in [2.05, 4.69) is 5.32 Å². The van der Waals surface area contributed by atoms with Gasteiger partial charge in [0, 0.05) is 11.6 Å². The minimum absolute atomic E-state index is 0.170. The highest BCUT2D eigenvalue weighted by Crippen LogP contribution is 2.23. The molecule has 0 radical (unpaired) electrons. The number of furan rings is 1. The first kappa shape index (κ1) is 19.2.